The SMILES string of the molecule is CC(C)(C)OC(N)=O.CC[C@@H](C)CC(=O)NC1CCCC1.[HH].[HH]. The van der Waals surface area contributed by atoms with Gasteiger partial charge in [-0.1, -0.05) is 33.1 Å². The van der Waals surface area contributed by atoms with E-state index in [2.05, 4.69) is 23.9 Å². The Hall–Kier alpha value is -1.26. The molecule has 3 N–H and O–H groups in total. The van der Waals surface area contributed by atoms with Gasteiger partial charge in [-0.25, -0.2) is 4.79 Å². The standard InChI is InChI=1S/C11H21NO.C5H11NO2.2H2/c1-3-9(2)8-11(13)12-10-6-4-5-7-10;1-5(2,3)8-4(6)7;;/h9-10H,3-8H2,1-2H3,(H,12,13);1-3H3,(H2,6,7);2*1H/t9-;;;/m1.../s1. The van der Waals surface area contributed by atoms with Crippen LogP contribution in [0.25, 0.3) is 0 Å². The molecular formula is C16H36N2O3. The van der Waals surface area contributed by atoms with Crippen molar-refractivity contribution >= 4 is 12.0 Å². The minimum Gasteiger partial charge on any atom is -0.444 e. The summed E-state index contributed by atoms with van der Waals surface area (Å²) in [6, 6.07) is 0.483. The van der Waals surface area contributed by atoms with E-state index in [1.807, 2.05) is 0 Å². The van der Waals surface area contributed by atoms with E-state index in [0.29, 0.717) is 18.4 Å². The maximum atomic E-state index is 11.5. The highest BCUT2D eigenvalue weighted by Crippen LogP contribution is 2.18. The van der Waals surface area contributed by atoms with Crippen LogP contribution in [0.1, 0.15) is 76.0 Å². The summed E-state index contributed by atoms with van der Waals surface area (Å²) < 4.78 is 4.58. The Kier molecular flexibility index (Phi) is 9.06. The first-order valence-electron chi connectivity index (χ1n) is 7.91. The molecule has 0 aromatic carbocycles. The van der Waals surface area contributed by atoms with Gasteiger partial charge < -0.3 is 15.8 Å². The van der Waals surface area contributed by atoms with Crippen molar-refractivity contribution in [3.63, 3.8) is 0 Å². The van der Waals surface area contributed by atoms with Crippen LogP contribution in [0.15, 0.2) is 0 Å². The van der Waals surface area contributed by atoms with Crippen molar-refractivity contribution in [3.05, 3.63) is 0 Å². The van der Waals surface area contributed by atoms with Crippen molar-refractivity contribution in [1.29, 1.82) is 0 Å². The van der Waals surface area contributed by atoms with Gasteiger partial charge in [0.15, 0.2) is 0 Å². The van der Waals surface area contributed by atoms with Gasteiger partial charge in [0.2, 0.25) is 5.91 Å². The lowest BCUT2D eigenvalue weighted by atomic mass is 10.0. The summed E-state index contributed by atoms with van der Waals surface area (Å²) in [6.07, 6.45) is 6.02. The average Bonchev–Trinajstić information content (AvgIpc) is 2.78. The molecule has 1 atom stereocenters. The largest absolute Gasteiger partial charge is 0.444 e. The molecule has 21 heavy (non-hydrogen) atoms. The number of nitrogens with two attached hydrogens (primary N) is 1. The fourth-order valence-corrected chi connectivity index (χ4v) is 2.12. The maximum Gasteiger partial charge on any atom is 0.405 e. The number of rotatable bonds is 4. The molecule has 1 saturated carbocycles. The predicted octanol–water partition coefficient (Wildman–Crippen LogP) is 3.85. The Morgan fingerprint density at radius 1 is 1.33 bits per heavy atom. The molecule has 0 heterocycles. The highest BCUT2D eigenvalue weighted by atomic mass is 16.6. The second kappa shape index (κ2) is 9.64. The maximum absolute atomic E-state index is 11.5. The third kappa shape index (κ3) is 12.2. The van der Waals surface area contributed by atoms with Gasteiger partial charge in [-0.2, -0.15) is 0 Å². The van der Waals surface area contributed by atoms with Crippen LogP contribution in [-0.2, 0) is 9.53 Å². The third-order valence-electron chi connectivity index (χ3n) is 3.36. The lowest BCUT2D eigenvalue weighted by Crippen LogP contribution is -2.33. The second-order valence-electron chi connectivity index (χ2n) is 6.80. The highest BCUT2D eigenvalue weighted by molar-refractivity contribution is 5.76. The zero-order valence-corrected chi connectivity index (χ0v) is 14.2. The molecule has 1 rings (SSSR count). The van der Waals surface area contributed by atoms with Gasteiger partial charge >= 0.3 is 6.09 Å². The van der Waals surface area contributed by atoms with Crippen LogP contribution < -0.4 is 11.1 Å². The van der Waals surface area contributed by atoms with Gasteiger partial charge in [0.25, 0.3) is 0 Å². The summed E-state index contributed by atoms with van der Waals surface area (Å²) in [7, 11) is 0. The second-order valence-corrected chi connectivity index (χ2v) is 6.80. The Bertz CT molecular complexity index is 328. The van der Waals surface area contributed by atoms with Crippen LogP contribution in [0.5, 0.6) is 0 Å². The number of amides is 2. The van der Waals surface area contributed by atoms with Crippen molar-refractivity contribution in [3.8, 4) is 0 Å². The molecule has 0 aliphatic heterocycles. The average molecular weight is 304 g/mol. The summed E-state index contributed by atoms with van der Waals surface area (Å²) in [5.74, 6) is 0.780. The molecule has 0 bridgehead atoms. The molecule has 0 radical (unpaired) electrons. The zero-order chi connectivity index (χ0) is 16.5. The molecule has 128 valence electrons. The predicted molar refractivity (Wildman–Crippen MR) is 89.1 cm³/mol. The number of primary amides is 1. The van der Waals surface area contributed by atoms with E-state index in [9.17, 15) is 9.59 Å². The first-order chi connectivity index (χ1) is 9.64. The van der Waals surface area contributed by atoms with Gasteiger partial charge in [0, 0.05) is 15.3 Å². The minimum absolute atomic E-state index is 0. The Labute approximate surface area is 132 Å². The number of carbonyl (C=O) groups excluding carboxylic acids is 2. The number of hydrogen-bond acceptors (Lipinski definition) is 3. The fraction of sp³-hybridized carbons (Fsp3) is 0.875. The van der Waals surface area contributed by atoms with E-state index in [-0.39, 0.29) is 8.76 Å². The fourth-order valence-electron chi connectivity index (χ4n) is 2.12. The van der Waals surface area contributed by atoms with E-state index in [1.54, 1.807) is 20.8 Å². The van der Waals surface area contributed by atoms with Crippen molar-refractivity contribution < 1.29 is 17.2 Å². The van der Waals surface area contributed by atoms with Crippen molar-refractivity contribution in [2.24, 2.45) is 11.7 Å². The van der Waals surface area contributed by atoms with Crippen LogP contribution in [0.4, 0.5) is 4.79 Å². The van der Waals surface area contributed by atoms with Crippen molar-refractivity contribution in [2.75, 3.05) is 0 Å². The molecule has 2 amide bonds. The van der Waals surface area contributed by atoms with E-state index >= 15 is 0 Å². The number of hydrogen-bond donors (Lipinski definition) is 2. The Morgan fingerprint density at radius 2 is 1.86 bits per heavy atom. The molecule has 0 aromatic rings. The monoisotopic (exact) mass is 304 g/mol. The van der Waals surface area contributed by atoms with E-state index in [4.69, 9.17) is 5.73 Å². The summed E-state index contributed by atoms with van der Waals surface area (Å²) in [5, 5.41) is 3.11. The van der Waals surface area contributed by atoms with Gasteiger partial charge in [-0.05, 0) is 39.5 Å². The molecule has 0 saturated heterocycles. The third-order valence-corrected chi connectivity index (χ3v) is 3.36. The molecule has 5 heteroatoms. The quantitative estimate of drug-likeness (QED) is 0.827. The molecule has 5 nitrogen and oxygen atoms in total. The van der Waals surface area contributed by atoms with Crippen LogP contribution in [0, 0.1) is 5.92 Å². The van der Waals surface area contributed by atoms with Gasteiger partial charge in [0.05, 0.1) is 0 Å². The summed E-state index contributed by atoms with van der Waals surface area (Å²) in [6.45, 7) is 9.55. The van der Waals surface area contributed by atoms with Crippen LogP contribution >= 0.6 is 0 Å². The molecular weight excluding hydrogens is 268 g/mol. The molecule has 0 spiro atoms. The van der Waals surface area contributed by atoms with E-state index < -0.39 is 11.7 Å². The number of ether oxygens (including phenoxy) is 1. The first-order valence-corrected chi connectivity index (χ1v) is 7.91. The van der Waals surface area contributed by atoms with Crippen LogP contribution in [0.2, 0.25) is 0 Å². The topological polar surface area (TPSA) is 81.4 Å². The Morgan fingerprint density at radius 3 is 2.19 bits per heavy atom. The van der Waals surface area contributed by atoms with Crippen LogP contribution in [-0.4, -0.2) is 23.6 Å². The number of carbonyl (C=O) groups is 2. The van der Waals surface area contributed by atoms with Crippen molar-refractivity contribution in [1.82, 2.24) is 5.32 Å². The molecule has 0 aromatic heterocycles. The Balaban J connectivity index is -0.000000353. The first kappa shape index (κ1) is 19.7. The van der Waals surface area contributed by atoms with Crippen molar-refractivity contribution in [2.45, 2.75) is 84.8 Å². The van der Waals surface area contributed by atoms with Gasteiger partial charge in [-0.15, -0.1) is 0 Å². The van der Waals surface area contributed by atoms with E-state index in [0.717, 1.165) is 6.42 Å². The van der Waals surface area contributed by atoms with Gasteiger partial charge in [-0.3, -0.25) is 4.79 Å². The van der Waals surface area contributed by atoms with E-state index in [1.165, 1.54) is 25.7 Å². The number of nitrogens with one attached hydrogen (secondary N) is 1. The lowest BCUT2D eigenvalue weighted by molar-refractivity contribution is -0.122. The smallest absolute Gasteiger partial charge is 0.405 e. The summed E-state index contributed by atoms with van der Waals surface area (Å²) >= 11 is 0. The summed E-state index contributed by atoms with van der Waals surface area (Å²) in [5.41, 5.74) is 4.26. The highest BCUT2D eigenvalue weighted by Gasteiger charge is 2.17. The molecule has 1 aliphatic carbocycles. The van der Waals surface area contributed by atoms with Crippen LogP contribution in [0.3, 0.4) is 0 Å². The summed E-state index contributed by atoms with van der Waals surface area (Å²) in [4.78, 5) is 21.5. The molecule has 1 fully saturated rings. The molecule has 0 unspecified atom stereocenters. The minimum atomic E-state index is -0.725. The normalized spacial score (nSPS) is 16.6. The van der Waals surface area contributed by atoms with Gasteiger partial charge in [0.1, 0.15) is 5.60 Å². The molecule has 1 aliphatic rings. The lowest BCUT2D eigenvalue weighted by Gasteiger charge is -2.16. The zero-order valence-electron chi connectivity index (χ0n) is 14.2.